The molecule has 0 aliphatic heterocycles. The lowest BCUT2D eigenvalue weighted by Crippen LogP contribution is -2.24. The van der Waals surface area contributed by atoms with E-state index in [1.165, 1.54) is 16.7 Å². The Bertz CT molecular complexity index is 1200. The Kier molecular flexibility index (Phi) is 7.23. The molecule has 166 valence electrons. The van der Waals surface area contributed by atoms with Gasteiger partial charge in [0, 0.05) is 19.2 Å². The summed E-state index contributed by atoms with van der Waals surface area (Å²) in [6, 6.07) is 13.1. The van der Waals surface area contributed by atoms with Gasteiger partial charge in [0.15, 0.2) is 0 Å². The summed E-state index contributed by atoms with van der Waals surface area (Å²) >= 11 is 0. The zero-order valence-corrected chi connectivity index (χ0v) is 18.6. The van der Waals surface area contributed by atoms with Gasteiger partial charge >= 0.3 is 0 Å². The zero-order chi connectivity index (χ0) is 23.3. The molecule has 0 aliphatic rings. The molecule has 3 aromatic rings. The Morgan fingerprint density at radius 2 is 1.84 bits per heavy atom. The maximum atomic E-state index is 14.4. The third-order valence-electron chi connectivity index (χ3n) is 4.97. The summed E-state index contributed by atoms with van der Waals surface area (Å²) in [5.74, 6) is -0.0352. The van der Waals surface area contributed by atoms with Crippen molar-refractivity contribution in [3.8, 4) is 40.2 Å². The summed E-state index contributed by atoms with van der Waals surface area (Å²) in [6.45, 7) is 1.20. The first-order chi connectivity index (χ1) is 15.3. The fourth-order valence-corrected chi connectivity index (χ4v) is 3.24. The van der Waals surface area contributed by atoms with E-state index in [1.807, 2.05) is 19.0 Å². The molecule has 0 N–H and O–H groups in total. The number of rotatable bonds is 8. The summed E-state index contributed by atoms with van der Waals surface area (Å²) in [7, 11) is 7.08. The first-order valence-corrected chi connectivity index (χ1v) is 10.1. The largest absolute Gasteiger partial charge is 0.497 e. The summed E-state index contributed by atoms with van der Waals surface area (Å²) in [6.07, 6.45) is 0.754. The third kappa shape index (κ3) is 4.95. The van der Waals surface area contributed by atoms with Gasteiger partial charge in [-0.15, -0.1) is 0 Å². The van der Waals surface area contributed by atoms with Gasteiger partial charge in [-0.2, -0.15) is 10.2 Å². The zero-order valence-electron chi connectivity index (χ0n) is 18.6. The maximum Gasteiger partial charge on any atom is 0.299 e. The van der Waals surface area contributed by atoms with Crippen LogP contribution in [0.25, 0.3) is 22.4 Å². The normalized spacial score (nSPS) is 10.8. The number of nitriles is 1. The van der Waals surface area contributed by atoms with Gasteiger partial charge in [0.05, 0.1) is 30.5 Å². The average Bonchev–Trinajstić information content (AvgIpc) is 2.79. The van der Waals surface area contributed by atoms with Crippen molar-refractivity contribution in [2.45, 2.75) is 6.42 Å². The average molecular weight is 436 g/mol. The van der Waals surface area contributed by atoms with Crippen molar-refractivity contribution in [3.63, 3.8) is 0 Å². The predicted octanol–water partition coefficient (Wildman–Crippen LogP) is 3.46. The minimum atomic E-state index is -0.679. The second kappa shape index (κ2) is 10.1. The van der Waals surface area contributed by atoms with Crippen LogP contribution in [0.3, 0.4) is 0 Å². The molecule has 0 amide bonds. The van der Waals surface area contributed by atoms with Crippen LogP contribution in [0.2, 0.25) is 0 Å². The number of ether oxygens (including phenoxy) is 2. The maximum absolute atomic E-state index is 14.4. The van der Waals surface area contributed by atoms with Crippen LogP contribution in [-0.4, -0.2) is 48.8 Å². The van der Waals surface area contributed by atoms with E-state index in [4.69, 9.17) is 14.7 Å². The number of methoxy groups -OCH3 is 1. The summed E-state index contributed by atoms with van der Waals surface area (Å²) in [4.78, 5) is 20.0. The molecule has 2 aromatic carbocycles. The van der Waals surface area contributed by atoms with Crippen molar-refractivity contribution >= 4 is 0 Å². The van der Waals surface area contributed by atoms with E-state index in [2.05, 4.69) is 4.98 Å². The number of nitrogens with zero attached hydrogens (tertiary/aromatic N) is 4. The van der Waals surface area contributed by atoms with E-state index in [0.29, 0.717) is 29.0 Å². The van der Waals surface area contributed by atoms with Gasteiger partial charge in [-0.3, -0.25) is 9.36 Å². The molecule has 0 spiro atoms. The standard InChI is InChI=1S/C24H25FN4O3/c1-28(2)12-5-13-32-24-27-22(17-6-7-18(15-26)20(25)14-17)21(23(30)29(24)3)16-8-10-19(31-4)11-9-16/h6-11,14H,5,12-13H2,1-4H3. The highest BCUT2D eigenvalue weighted by atomic mass is 19.1. The number of hydrogen-bond donors (Lipinski definition) is 0. The minimum absolute atomic E-state index is 0.0799. The SMILES string of the molecule is COc1ccc(-c2c(-c3ccc(C#N)c(F)c3)nc(OCCCN(C)C)n(C)c2=O)cc1. The van der Waals surface area contributed by atoms with Gasteiger partial charge in [-0.05, 0) is 50.3 Å². The first kappa shape index (κ1) is 23.0. The van der Waals surface area contributed by atoms with E-state index in [-0.39, 0.29) is 22.8 Å². The van der Waals surface area contributed by atoms with Gasteiger partial charge < -0.3 is 14.4 Å². The highest BCUT2D eigenvalue weighted by Gasteiger charge is 2.20. The first-order valence-electron chi connectivity index (χ1n) is 10.1. The molecule has 1 aromatic heterocycles. The summed E-state index contributed by atoms with van der Waals surface area (Å²) in [5.41, 5.74) is 1.17. The molecule has 32 heavy (non-hydrogen) atoms. The van der Waals surface area contributed by atoms with Crippen molar-refractivity contribution in [1.82, 2.24) is 14.5 Å². The number of aromatic nitrogens is 2. The van der Waals surface area contributed by atoms with Gasteiger partial charge in [-0.1, -0.05) is 18.2 Å². The molecule has 0 saturated carbocycles. The van der Waals surface area contributed by atoms with Crippen molar-refractivity contribution in [2.24, 2.45) is 7.05 Å². The molecule has 1 heterocycles. The van der Waals surface area contributed by atoms with Crippen LogP contribution < -0.4 is 15.0 Å². The Morgan fingerprint density at radius 1 is 1.16 bits per heavy atom. The second-order valence-corrected chi connectivity index (χ2v) is 7.52. The predicted molar refractivity (Wildman–Crippen MR) is 120 cm³/mol. The molecule has 0 aliphatic carbocycles. The summed E-state index contributed by atoms with van der Waals surface area (Å²) < 4.78 is 26.7. The van der Waals surface area contributed by atoms with Crippen molar-refractivity contribution in [3.05, 3.63) is 64.2 Å². The molecule has 0 fully saturated rings. The lowest BCUT2D eigenvalue weighted by molar-refractivity contribution is 0.253. The van der Waals surface area contributed by atoms with Crippen LogP contribution in [0.1, 0.15) is 12.0 Å². The Hall–Kier alpha value is -3.70. The third-order valence-corrected chi connectivity index (χ3v) is 4.97. The van der Waals surface area contributed by atoms with E-state index in [0.717, 1.165) is 13.0 Å². The molecule has 0 saturated heterocycles. The molecular weight excluding hydrogens is 411 g/mol. The topological polar surface area (TPSA) is 80.4 Å². The van der Waals surface area contributed by atoms with Crippen molar-refractivity contribution < 1.29 is 13.9 Å². The summed E-state index contributed by atoms with van der Waals surface area (Å²) in [5, 5.41) is 9.05. The fourth-order valence-electron chi connectivity index (χ4n) is 3.24. The van der Waals surface area contributed by atoms with Gasteiger partial charge in [0.2, 0.25) is 0 Å². The Labute approximate surface area is 186 Å². The molecule has 7 nitrogen and oxygen atoms in total. The monoisotopic (exact) mass is 436 g/mol. The highest BCUT2D eigenvalue weighted by Crippen LogP contribution is 2.31. The molecule has 0 unspecified atom stereocenters. The highest BCUT2D eigenvalue weighted by molar-refractivity contribution is 5.80. The van der Waals surface area contributed by atoms with Crippen LogP contribution in [0, 0.1) is 17.1 Å². The Morgan fingerprint density at radius 3 is 2.44 bits per heavy atom. The van der Waals surface area contributed by atoms with Gasteiger partial charge in [-0.25, -0.2) is 4.39 Å². The molecule has 8 heteroatoms. The molecule has 3 rings (SSSR count). The quantitative estimate of drug-likeness (QED) is 0.503. The van der Waals surface area contributed by atoms with E-state index >= 15 is 0 Å². The lowest BCUT2D eigenvalue weighted by Gasteiger charge is -2.16. The van der Waals surface area contributed by atoms with Gasteiger partial charge in [0.1, 0.15) is 17.6 Å². The Balaban J connectivity index is 2.14. The second-order valence-electron chi connectivity index (χ2n) is 7.52. The minimum Gasteiger partial charge on any atom is -0.497 e. The van der Waals surface area contributed by atoms with Crippen molar-refractivity contribution in [1.29, 1.82) is 5.26 Å². The molecule has 0 bridgehead atoms. The van der Waals surface area contributed by atoms with Crippen LogP contribution in [0.5, 0.6) is 11.8 Å². The number of halogens is 1. The van der Waals surface area contributed by atoms with E-state index < -0.39 is 5.82 Å². The van der Waals surface area contributed by atoms with Crippen molar-refractivity contribution in [2.75, 3.05) is 34.4 Å². The van der Waals surface area contributed by atoms with Crippen LogP contribution in [0.4, 0.5) is 4.39 Å². The van der Waals surface area contributed by atoms with Gasteiger partial charge in [0.25, 0.3) is 11.6 Å². The van der Waals surface area contributed by atoms with E-state index in [1.54, 1.807) is 50.6 Å². The van der Waals surface area contributed by atoms with Crippen LogP contribution in [0.15, 0.2) is 47.3 Å². The molecular formula is C24H25FN4O3. The molecule has 0 atom stereocenters. The smallest absolute Gasteiger partial charge is 0.299 e. The van der Waals surface area contributed by atoms with Crippen LogP contribution in [-0.2, 0) is 7.05 Å². The number of benzene rings is 2. The number of hydrogen-bond acceptors (Lipinski definition) is 6. The lowest BCUT2D eigenvalue weighted by atomic mass is 9.99. The van der Waals surface area contributed by atoms with E-state index in [9.17, 15) is 9.18 Å². The molecule has 0 radical (unpaired) electrons. The van der Waals surface area contributed by atoms with Crippen LogP contribution >= 0.6 is 0 Å². The fraction of sp³-hybridized carbons (Fsp3) is 0.292.